The maximum atomic E-state index is 13.3. The van der Waals surface area contributed by atoms with Gasteiger partial charge < -0.3 is 10.1 Å². The SMILES string of the molecule is N#CC1C(c2ccc(Cl)cc2Cl)=C(C(=O)NCc2ccc(C(F)(F)F)cc2)SC1N1CCOCC1. The number of carbonyl (C=O) groups excluding carboxylic acids is 1. The van der Waals surface area contributed by atoms with Gasteiger partial charge in [-0.2, -0.15) is 18.4 Å². The van der Waals surface area contributed by atoms with Gasteiger partial charge in [0.05, 0.1) is 41.0 Å². The van der Waals surface area contributed by atoms with E-state index in [1.54, 1.807) is 18.2 Å². The molecule has 2 heterocycles. The average molecular weight is 542 g/mol. The third-order valence-electron chi connectivity index (χ3n) is 5.79. The molecule has 4 rings (SSSR count). The van der Waals surface area contributed by atoms with Gasteiger partial charge >= 0.3 is 6.18 Å². The van der Waals surface area contributed by atoms with Gasteiger partial charge in [0.15, 0.2) is 0 Å². The lowest BCUT2D eigenvalue weighted by atomic mass is 9.92. The van der Waals surface area contributed by atoms with Gasteiger partial charge in [0, 0.05) is 29.7 Å². The van der Waals surface area contributed by atoms with Crippen molar-refractivity contribution in [2.45, 2.75) is 18.1 Å². The molecule has 2 aromatic carbocycles. The highest BCUT2D eigenvalue weighted by Gasteiger charge is 2.43. The van der Waals surface area contributed by atoms with Crippen LogP contribution in [0.3, 0.4) is 0 Å². The molecular formula is C24H20Cl2F3N3O2S. The first-order valence-corrected chi connectivity index (χ1v) is 12.3. The molecule has 2 aromatic rings. The number of nitrogens with zero attached hydrogens (tertiary/aromatic N) is 2. The lowest BCUT2D eigenvalue weighted by Crippen LogP contribution is -2.44. The number of hydrogen-bond acceptors (Lipinski definition) is 5. The maximum Gasteiger partial charge on any atom is 0.416 e. The van der Waals surface area contributed by atoms with Crippen molar-refractivity contribution < 1.29 is 22.7 Å². The summed E-state index contributed by atoms with van der Waals surface area (Å²) in [5.41, 5.74) is 0.820. The number of morpholine rings is 1. The second kappa shape index (κ2) is 10.8. The van der Waals surface area contributed by atoms with Crippen molar-refractivity contribution in [1.29, 1.82) is 5.26 Å². The lowest BCUT2D eigenvalue weighted by Gasteiger charge is -2.33. The van der Waals surface area contributed by atoms with Crippen LogP contribution in [0.5, 0.6) is 0 Å². The Hall–Kier alpha value is -2.22. The fourth-order valence-electron chi connectivity index (χ4n) is 4.03. The number of rotatable bonds is 5. The number of ether oxygens (including phenoxy) is 1. The molecule has 184 valence electrons. The second-order valence-electron chi connectivity index (χ2n) is 8.01. The van der Waals surface area contributed by atoms with E-state index in [0.29, 0.717) is 58.0 Å². The molecule has 2 unspecified atom stereocenters. The van der Waals surface area contributed by atoms with E-state index in [0.717, 1.165) is 12.1 Å². The summed E-state index contributed by atoms with van der Waals surface area (Å²) in [6, 6.07) is 11.8. The van der Waals surface area contributed by atoms with Crippen molar-refractivity contribution in [2.24, 2.45) is 5.92 Å². The smallest absolute Gasteiger partial charge is 0.379 e. The van der Waals surface area contributed by atoms with E-state index in [2.05, 4.69) is 16.3 Å². The summed E-state index contributed by atoms with van der Waals surface area (Å²) in [5, 5.41) is 13.3. The maximum absolute atomic E-state index is 13.3. The number of nitrogens with one attached hydrogen (secondary N) is 1. The summed E-state index contributed by atoms with van der Waals surface area (Å²) >= 11 is 13.8. The van der Waals surface area contributed by atoms with Crippen molar-refractivity contribution >= 4 is 46.4 Å². The van der Waals surface area contributed by atoms with Crippen LogP contribution in [0.15, 0.2) is 47.4 Å². The normalized spacial score (nSPS) is 21.1. The first kappa shape index (κ1) is 25.9. The summed E-state index contributed by atoms with van der Waals surface area (Å²) < 4.78 is 43.9. The zero-order chi connectivity index (χ0) is 25.2. The van der Waals surface area contributed by atoms with Crippen molar-refractivity contribution in [2.75, 3.05) is 26.3 Å². The molecule has 1 fully saturated rings. The van der Waals surface area contributed by atoms with Crippen LogP contribution >= 0.6 is 35.0 Å². The van der Waals surface area contributed by atoms with Crippen molar-refractivity contribution in [1.82, 2.24) is 10.2 Å². The monoisotopic (exact) mass is 541 g/mol. The van der Waals surface area contributed by atoms with Gasteiger partial charge in [-0.25, -0.2) is 0 Å². The fourth-order valence-corrected chi connectivity index (χ4v) is 6.02. The Morgan fingerprint density at radius 1 is 1.17 bits per heavy atom. The topological polar surface area (TPSA) is 65.4 Å². The summed E-state index contributed by atoms with van der Waals surface area (Å²) in [5.74, 6) is -1.06. The molecule has 0 bridgehead atoms. The molecular weight excluding hydrogens is 522 g/mol. The first-order valence-electron chi connectivity index (χ1n) is 10.7. The number of nitriles is 1. The molecule has 2 atom stereocenters. The van der Waals surface area contributed by atoms with Crippen LogP contribution in [0.2, 0.25) is 10.0 Å². The number of benzene rings is 2. The molecule has 2 aliphatic heterocycles. The van der Waals surface area contributed by atoms with E-state index in [4.69, 9.17) is 27.9 Å². The Morgan fingerprint density at radius 3 is 2.46 bits per heavy atom. The third kappa shape index (κ3) is 5.79. The number of amides is 1. The average Bonchev–Trinajstić information content (AvgIpc) is 3.22. The number of thioether (sulfide) groups is 1. The van der Waals surface area contributed by atoms with Crippen LogP contribution in [0.25, 0.3) is 5.57 Å². The first-order chi connectivity index (χ1) is 16.7. The van der Waals surface area contributed by atoms with E-state index in [9.17, 15) is 23.2 Å². The van der Waals surface area contributed by atoms with E-state index < -0.39 is 23.6 Å². The Labute approximate surface area is 214 Å². The third-order valence-corrected chi connectivity index (χ3v) is 7.79. The Balaban J connectivity index is 1.62. The van der Waals surface area contributed by atoms with Gasteiger partial charge in [0.25, 0.3) is 5.91 Å². The highest BCUT2D eigenvalue weighted by atomic mass is 35.5. The minimum atomic E-state index is -4.43. The number of carbonyl (C=O) groups is 1. The highest BCUT2D eigenvalue weighted by Crippen LogP contribution is 2.50. The molecule has 0 saturated carbocycles. The molecule has 5 nitrogen and oxygen atoms in total. The molecule has 2 aliphatic rings. The highest BCUT2D eigenvalue weighted by molar-refractivity contribution is 8.05. The van der Waals surface area contributed by atoms with Crippen molar-refractivity contribution in [3.63, 3.8) is 0 Å². The Bertz CT molecular complexity index is 1180. The van der Waals surface area contributed by atoms with Crippen LogP contribution in [0, 0.1) is 17.2 Å². The lowest BCUT2D eigenvalue weighted by molar-refractivity contribution is -0.137. The standard InChI is InChI=1S/C24H20Cl2F3N3O2S/c25-16-5-6-17(19(26)11-16)20-18(12-30)23(32-7-9-34-10-8-32)35-21(20)22(33)31-13-14-1-3-15(4-2-14)24(27,28)29/h1-6,11,18,23H,7-10,13H2,(H,31,33). The van der Waals surface area contributed by atoms with Gasteiger partial charge in [-0.15, -0.1) is 0 Å². The summed E-state index contributed by atoms with van der Waals surface area (Å²) in [6.07, 6.45) is -4.43. The summed E-state index contributed by atoms with van der Waals surface area (Å²) in [7, 11) is 0. The van der Waals surface area contributed by atoms with E-state index >= 15 is 0 Å². The number of alkyl halides is 3. The largest absolute Gasteiger partial charge is 0.416 e. The minimum Gasteiger partial charge on any atom is -0.379 e. The molecule has 1 saturated heterocycles. The van der Waals surface area contributed by atoms with Gasteiger partial charge in [-0.3, -0.25) is 9.69 Å². The summed E-state index contributed by atoms with van der Waals surface area (Å²) in [4.78, 5) is 15.8. The number of halogens is 5. The minimum absolute atomic E-state index is 0.0299. The van der Waals surface area contributed by atoms with E-state index in [-0.39, 0.29) is 11.9 Å². The molecule has 1 N–H and O–H groups in total. The van der Waals surface area contributed by atoms with Gasteiger partial charge in [-0.1, -0.05) is 53.2 Å². The van der Waals surface area contributed by atoms with Crippen molar-refractivity contribution in [3.05, 3.63) is 74.1 Å². The molecule has 0 aromatic heterocycles. The predicted molar refractivity (Wildman–Crippen MR) is 130 cm³/mol. The van der Waals surface area contributed by atoms with E-state index in [1.165, 1.54) is 23.9 Å². The van der Waals surface area contributed by atoms with Gasteiger partial charge in [0.2, 0.25) is 0 Å². The molecule has 0 radical (unpaired) electrons. The second-order valence-corrected chi connectivity index (χ2v) is 9.98. The quantitative estimate of drug-likeness (QED) is 0.534. The zero-order valence-corrected chi connectivity index (χ0v) is 20.6. The molecule has 35 heavy (non-hydrogen) atoms. The van der Waals surface area contributed by atoms with Crippen LogP contribution in [0.1, 0.15) is 16.7 Å². The molecule has 11 heteroatoms. The van der Waals surface area contributed by atoms with Crippen LogP contribution in [0.4, 0.5) is 13.2 Å². The molecule has 1 amide bonds. The van der Waals surface area contributed by atoms with Gasteiger partial charge in [0.1, 0.15) is 0 Å². The van der Waals surface area contributed by atoms with Crippen LogP contribution in [-0.4, -0.2) is 42.5 Å². The fraction of sp³-hybridized carbons (Fsp3) is 0.333. The zero-order valence-electron chi connectivity index (χ0n) is 18.2. The Morgan fingerprint density at radius 2 is 1.86 bits per heavy atom. The van der Waals surface area contributed by atoms with Gasteiger partial charge in [-0.05, 0) is 41.0 Å². The van der Waals surface area contributed by atoms with E-state index in [1.807, 2.05) is 0 Å². The molecule has 0 aliphatic carbocycles. The predicted octanol–water partition coefficient (Wildman–Crippen LogP) is 5.58. The van der Waals surface area contributed by atoms with Crippen LogP contribution < -0.4 is 5.32 Å². The number of hydrogen-bond donors (Lipinski definition) is 1. The molecule has 0 spiro atoms. The van der Waals surface area contributed by atoms with Crippen molar-refractivity contribution in [3.8, 4) is 6.07 Å². The van der Waals surface area contributed by atoms with Crippen LogP contribution in [-0.2, 0) is 22.3 Å². The Kier molecular flexibility index (Phi) is 7.99. The summed E-state index contributed by atoms with van der Waals surface area (Å²) in [6.45, 7) is 2.33.